The Balaban J connectivity index is 1.54. The van der Waals surface area contributed by atoms with Gasteiger partial charge in [0, 0.05) is 32.2 Å². The Morgan fingerprint density at radius 2 is 1.59 bits per heavy atom. The minimum atomic E-state index is -0.254. The Labute approximate surface area is 132 Å². The molecule has 1 aliphatic heterocycles. The van der Waals surface area contributed by atoms with Gasteiger partial charge in [-0.2, -0.15) is 0 Å². The maximum atomic E-state index is 10.2. The molecule has 0 spiro atoms. The zero-order valence-corrected chi connectivity index (χ0v) is 12.9. The molecule has 0 radical (unpaired) electrons. The summed E-state index contributed by atoms with van der Waals surface area (Å²) >= 11 is 0. The molecule has 3 heteroatoms. The summed E-state index contributed by atoms with van der Waals surface area (Å²) in [6, 6.07) is 21.0. The zero-order chi connectivity index (χ0) is 15.2. The summed E-state index contributed by atoms with van der Waals surface area (Å²) < 4.78 is 0. The zero-order valence-electron chi connectivity index (χ0n) is 12.9. The third-order valence-electron chi connectivity index (χ3n) is 4.32. The van der Waals surface area contributed by atoms with Crippen LogP contribution in [-0.2, 0) is 13.1 Å². The third kappa shape index (κ3) is 4.17. The van der Waals surface area contributed by atoms with Crippen LogP contribution in [0.15, 0.2) is 60.7 Å². The van der Waals surface area contributed by atoms with Crippen LogP contribution in [0.5, 0.6) is 0 Å². The number of aliphatic hydroxyl groups is 1. The van der Waals surface area contributed by atoms with Gasteiger partial charge in [0.25, 0.3) is 0 Å². The maximum Gasteiger partial charge on any atom is 0.0718 e. The fourth-order valence-corrected chi connectivity index (χ4v) is 3.04. The first-order valence-corrected chi connectivity index (χ1v) is 8.03. The fourth-order valence-electron chi connectivity index (χ4n) is 3.04. The lowest BCUT2D eigenvalue weighted by atomic mass is 10.0. The second-order valence-electron chi connectivity index (χ2n) is 6.05. The van der Waals surface area contributed by atoms with Gasteiger partial charge in [0.2, 0.25) is 0 Å². The lowest BCUT2D eigenvalue weighted by Gasteiger charge is -2.36. The van der Waals surface area contributed by atoms with Crippen LogP contribution in [0, 0.1) is 0 Å². The van der Waals surface area contributed by atoms with Crippen molar-refractivity contribution in [1.29, 1.82) is 0 Å². The molecular weight excluding hydrogens is 272 g/mol. The van der Waals surface area contributed by atoms with Gasteiger partial charge in [0.05, 0.1) is 6.10 Å². The number of rotatable bonds is 5. The van der Waals surface area contributed by atoms with E-state index in [4.69, 9.17) is 0 Å². The molecule has 2 aromatic carbocycles. The summed E-state index contributed by atoms with van der Waals surface area (Å²) in [5, 5.41) is 13.8. The van der Waals surface area contributed by atoms with Gasteiger partial charge in [-0.25, -0.2) is 0 Å². The maximum absolute atomic E-state index is 10.2. The van der Waals surface area contributed by atoms with Crippen LogP contribution in [0.25, 0.3) is 0 Å². The van der Waals surface area contributed by atoms with Crippen LogP contribution in [0.4, 0.5) is 0 Å². The van der Waals surface area contributed by atoms with Crippen LogP contribution in [0.1, 0.15) is 17.5 Å². The Morgan fingerprint density at radius 3 is 2.27 bits per heavy atom. The van der Waals surface area contributed by atoms with Crippen molar-refractivity contribution in [3.63, 3.8) is 0 Å². The molecule has 116 valence electrons. The molecule has 3 rings (SSSR count). The molecule has 1 fully saturated rings. The molecule has 2 N–H and O–H groups in total. The molecule has 0 unspecified atom stereocenters. The minimum absolute atomic E-state index is 0.137. The van der Waals surface area contributed by atoms with Crippen molar-refractivity contribution >= 4 is 0 Å². The van der Waals surface area contributed by atoms with Crippen molar-refractivity contribution in [2.45, 2.75) is 31.7 Å². The topological polar surface area (TPSA) is 35.5 Å². The number of nitrogens with one attached hydrogen (secondary N) is 1. The summed E-state index contributed by atoms with van der Waals surface area (Å²) in [6.07, 6.45) is 0.579. The van der Waals surface area contributed by atoms with E-state index >= 15 is 0 Å². The summed E-state index contributed by atoms with van der Waals surface area (Å²) in [4.78, 5) is 2.42. The molecule has 3 nitrogen and oxygen atoms in total. The highest BCUT2D eigenvalue weighted by atomic mass is 16.3. The van der Waals surface area contributed by atoms with Gasteiger partial charge < -0.3 is 10.4 Å². The first kappa shape index (κ1) is 15.2. The van der Waals surface area contributed by atoms with Crippen molar-refractivity contribution in [2.24, 2.45) is 0 Å². The van der Waals surface area contributed by atoms with Crippen molar-refractivity contribution in [1.82, 2.24) is 10.2 Å². The Morgan fingerprint density at radius 1 is 0.955 bits per heavy atom. The monoisotopic (exact) mass is 296 g/mol. The van der Waals surface area contributed by atoms with E-state index in [1.807, 2.05) is 12.1 Å². The highest BCUT2D eigenvalue weighted by molar-refractivity contribution is 5.15. The number of benzene rings is 2. The van der Waals surface area contributed by atoms with Crippen molar-refractivity contribution in [3.05, 3.63) is 71.8 Å². The Bertz CT molecular complexity index is 558. The quantitative estimate of drug-likeness (QED) is 0.889. The second kappa shape index (κ2) is 7.54. The van der Waals surface area contributed by atoms with Crippen LogP contribution in [0.3, 0.4) is 0 Å². The smallest absolute Gasteiger partial charge is 0.0718 e. The van der Waals surface area contributed by atoms with Crippen LogP contribution >= 0.6 is 0 Å². The van der Waals surface area contributed by atoms with Gasteiger partial charge in [-0.3, -0.25) is 4.90 Å². The number of hydrogen-bond donors (Lipinski definition) is 2. The molecular formula is C19H24N2O. The van der Waals surface area contributed by atoms with Crippen molar-refractivity contribution < 1.29 is 5.11 Å². The summed E-state index contributed by atoms with van der Waals surface area (Å²) in [7, 11) is 0. The number of aliphatic hydroxyl groups excluding tert-OH is 1. The normalized spacial score (nSPS) is 22.6. The first-order valence-electron chi connectivity index (χ1n) is 8.03. The molecule has 0 bridgehead atoms. The number of likely N-dealkylation sites (tertiary alicyclic amines) is 1. The lowest BCUT2D eigenvalue weighted by molar-refractivity contribution is 0.0438. The van der Waals surface area contributed by atoms with Crippen LogP contribution in [0.2, 0.25) is 0 Å². The minimum Gasteiger partial charge on any atom is -0.391 e. The predicted molar refractivity (Wildman–Crippen MR) is 89.4 cm³/mol. The van der Waals surface area contributed by atoms with Crippen LogP contribution < -0.4 is 5.32 Å². The van der Waals surface area contributed by atoms with E-state index < -0.39 is 0 Å². The summed E-state index contributed by atoms with van der Waals surface area (Å²) in [5.41, 5.74) is 2.59. The van der Waals surface area contributed by atoms with Gasteiger partial charge in [0.1, 0.15) is 0 Å². The van der Waals surface area contributed by atoms with E-state index in [0.29, 0.717) is 0 Å². The largest absolute Gasteiger partial charge is 0.391 e. The fraction of sp³-hybridized carbons (Fsp3) is 0.368. The van der Waals surface area contributed by atoms with E-state index in [9.17, 15) is 5.11 Å². The Kier molecular flexibility index (Phi) is 5.22. The van der Waals surface area contributed by atoms with Gasteiger partial charge in [-0.15, -0.1) is 0 Å². The second-order valence-corrected chi connectivity index (χ2v) is 6.05. The van der Waals surface area contributed by atoms with E-state index in [1.165, 1.54) is 11.1 Å². The number of nitrogens with zero attached hydrogens (tertiary/aromatic N) is 1. The Hall–Kier alpha value is -1.68. The number of hydrogen-bond acceptors (Lipinski definition) is 3. The van der Waals surface area contributed by atoms with Gasteiger partial charge in [-0.05, 0) is 17.5 Å². The highest BCUT2D eigenvalue weighted by Gasteiger charge is 2.27. The van der Waals surface area contributed by atoms with Gasteiger partial charge >= 0.3 is 0 Å². The first-order chi connectivity index (χ1) is 10.8. The molecule has 0 saturated carbocycles. The molecule has 1 aliphatic rings. The molecule has 22 heavy (non-hydrogen) atoms. The molecule has 0 aliphatic carbocycles. The van der Waals surface area contributed by atoms with Crippen molar-refractivity contribution in [3.8, 4) is 0 Å². The van der Waals surface area contributed by atoms with Gasteiger partial charge in [-0.1, -0.05) is 60.7 Å². The summed E-state index contributed by atoms with van der Waals surface area (Å²) in [6.45, 7) is 3.61. The lowest BCUT2D eigenvalue weighted by Crippen LogP contribution is -2.53. The SMILES string of the molecule is O[C@@H]1CCN(Cc2ccccc2)C[C@H]1NCc1ccccc1. The standard InChI is InChI=1S/C19H24N2O/c22-19-11-12-21(14-17-9-5-2-6-10-17)15-18(19)20-13-16-7-3-1-4-8-16/h1-10,18-20,22H,11-15H2/t18-,19-/m1/s1. The number of piperidine rings is 1. The van der Waals surface area contributed by atoms with E-state index in [2.05, 4.69) is 58.7 Å². The molecule has 0 aromatic heterocycles. The van der Waals surface area contributed by atoms with E-state index in [1.54, 1.807) is 0 Å². The van der Waals surface area contributed by atoms with E-state index in [0.717, 1.165) is 32.6 Å². The van der Waals surface area contributed by atoms with Crippen LogP contribution in [-0.4, -0.2) is 35.2 Å². The third-order valence-corrected chi connectivity index (χ3v) is 4.32. The summed E-state index contributed by atoms with van der Waals surface area (Å²) in [5.74, 6) is 0. The van der Waals surface area contributed by atoms with Gasteiger partial charge in [0.15, 0.2) is 0 Å². The molecule has 1 heterocycles. The average Bonchev–Trinajstić information content (AvgIpc) is 2.57. The molecule has 0 amide bonds. The molecule has 2 atom stereocenters. The molecule has 2 aromatic rings. The highest BCUT2D eigenvalue weighted by Crippen LogP contribution is 2.15. The predicted octanol–water partition coefficient (Wildman–Crippen LogP) is 2.41. The average molecular weight is 296 g/mol. The van der Waals surface area contributed by atoms with E-state index in [-0.39, 0.29) is 12.1 Å². The molecule has 1 saturated heterocycles. The van der Waals surface area contributed by atoms with Crippen molar-refractivity contribution in [2.75, 3.05) is 13.1 Å².